The molecule has 0 bridgehead atoms. The summed E-state index contributed by atoms with van der Waals surface area (Å²) in [4.78, 5) is 2.23. The van der Waals surface area contributed by atoms with Crippen molar-refractivity contribution in [3.8, 4) is 0 Å². The molecule has 1 aromatic carbocycles. The van der Waals surface area contributed by atoms with E-state index < -0.39 is 0 Å². The summed E-state index contributed by atoms with van der Waals surface area (Å²) in [5.41, 5.74) is 1.74. The fraction of sp³-hybridized carbons (Fsp3) is 0.600. The van der Waals surface area contributed by atoms with Crippen LogP contribution in [0.1, 0.15) is 26.3 Å². The summed E-state index contributed by atoms with van der Waals surface area (Å²) < 4.78 is 19.8. The summed E-state index contributed by atoms with van der Waals surface area (Å²) in [6, 6.07) is 5.31. The minimum atomic E-state index is -0.134. The van der Waals surface area contributed by atoms with Crippen molar-refractivity contribution in [2.75, 3.05) is 24.5 Å². The van der Waals surface area contributed by atoms with E-state index >= 15 is 0 Å². The summed E-state index contributed by atoms with van der Waals surface area (Å²) >= 11 is 0. The topological polar surface area (TPSA) is 24.5 Å². The number of rotatable bonds is 4. The molecule has 0 amide bonds. The van der Waals surface area contributed by atoms with E-state index in [1.54, 1.807) is 6.07 Å². The molecule has 106 valence electrons. The fourth-order valence-corrected chi connectivity index (χ4v) is 2.64. The lowest BCUT2D eigenvalue weighted by Gasteiger charge is -2.37. The van der Waals surface area contributed by atoms with E-state index in [4.69, 9.17) is 4.74 Å². The monoisotopic (exact) mass is 266 g/mol. The minimum absolute atomic E-state index is 0.134. The Kier molecular flexibility index (Phi) is 4.77. The standard InChI is InChI=1S/C15H23FN2O/c1-4-17-8-13-14(16)6-5-7-15(13)18-9-11(2)19-12(3)10-18/h5-7,11-12,17H,4,8-10H2,1-3H3. The van der Waals surface area contributed by atoms with Gasteiger partial charge in [0.25, 0.3) is 0 Å². The molecular weight excluding hydrogens is 243 g/mol. The summed E-state index contributed by atoms with van der Waals surface area (Å²) in [6.45, 7) is 9.18. The Balaban J connectivity index is 2.25. The molecule has 1 fully saturated rings. The molecule has 0 saturated carbocycles. The van der Waals surface area contributed by atoms with Crippen molar-refractivity contribution in [3.05, 3.63) is 29.6 Å². The number of nitrogens with zero attached hydrogens (tertiary/aromatic N) is 1. The Morgan fingerprint density at radius 3 is 2.63 bits per heavy atom. The zero-order chi connectivity index (χ0) is 13.8. The maximum atomic E-state index is 14.0. The van der Waals surface area contributed by atoms with Crippen LogP contribution < -0.4 is 10.2 Å². The maximum Gasteiger partial charge on any atom is 0.129 e. The van der Waals surface area contributed by atoms with Crippen molar-refractivity contribution >= 4 is 5.69 Å². The summed E-state index contributed by atoms with van der Waals surface area (Å²) in [5, 5.41) is 3.21. The predicted octanol–water partition coefficient (Wildman–Crippen LogP) is 2.55. The van der Waals surface area contributed by atoms with Gasteiger partial charge in [-0.1, -0.05) is 13.0 Å². The van der Waals surface area contributed by atoms with Gasteiger partial charge in [0.15, 0.2) is 0 Å². The Morgan fingerprint density at radius 2 is 2.00 bits per heavy atom. The molecule has 0 spiro atoms. The molecule has 1 N–H and O–H groups in total. The lowest BCUT2D eigenvalue weighted by molar-refractivity contribution is -0.00528. The van der Waals surface area contributed by atoms with Gasteiger partial charge in [-0.3, -0.25) is 0 Å². The highest BCUT2D eigenvalue weighted by molar-refractivity contribution is 5.54. The molecule has 3 nitrogen and oxygen atoms in total. The number of ether oxygens (including phenoxy) is 1. The lowest BCUT2D eigenvalue weighted by Crippen LogP contribution is -2.46. The average Bonchev–Trinajstić information content (AvgIpc) is 2.36. The van der Waals surface area contributed by atoms with E-state index in [9.17, 15) is 4.39 Å². The van der Waals surface area contributed by atoms with Crippen LogP contribution >= 0.6 is 0 Å². The van der Waals surface area contributed by atoms with E-state index in [1.807, 2.05) is 13.0 Å². The van der Waals surface area contributed by atoms with Crippen molar-refractivity contribution in [1.29, 1.82) is 0 Å². The Morgan fingerprint density at radius 1 is 1.32 bits per heavy atom. The first kappa shape index (κ1) is 14.3. The number of hydrogen-bond acceptors (Lipinski definition) is 3. The second-order valence-electron chi connectivity index (χ2n) is 5.18. The van der Waals surface area contributed by atoms with Crippen molar-refractivity contribution in [2.24, 2.45) is 0 Å². The minimum Gasteiger partial charge on any atom is -0.372 e. The molecule has 4 heteroatoms. The number of morpholine rings is 1. The van der Waals surface area contributed by atoms with Crippen LogP contribution in [0.5, 0.6) is 0 Å². The lowest BCUT2D eigenvalue weighted by atomic mass is 10.1. The molecule has 2 atom stereocenters. The molecule has 1 aliphatic heterocycles. The normalized spacial score (nSPS) is 23.7. The van der Waals surface area contributed by atoms with Crippen LogP contribution in [0.25, 0.3) is 0 Å². The first-order valence-corrected chi connectivity index (χ1v) is 7.00. The zero-order valence-corrected chi connectivity index (χ0v) is 11.9. The van der Waals surface area contributed by atoms with E-state index in [0.29, 0.717) is 6.54 Å². The fourth-order valence-electron chi connectivity index (χ4n) is 2.64. The van der Waals surface area contributed by atoms with Gasteiger partial charge in [0.05, 0.1) is 12.2 Å². The quantitative estimate of drug-likeness (QED) is 0.906. The molecule has 1 heterocycles. The molecule has 1 saturated heterocycles. The average molecular weight is 266 g/mol. The highest BCUT2D eigenvalue weighted by Crippen LogP contribution is 2.26. The SMILES string of the molecule is CCNCc1c(F)cccc1N1CC(C)OC(C)C1. The van der Waals surface area contributed by atoms with E-state index in [2.05, 4.69) is 24.1 Å². The Bertz CT molecular complexity index is 415. The second kappa shape index (κ2) is 6.35. The maximum absolute atomic E-state index is 14.0. The summed E-state index contributed by atoms with van der Waals surface area (Å²) in [5.74, 6) is -0.134. The molecule has 2 rings (SSSR count). The largest absolute Gasteiger partial charge is 0.372 e. The van der Waals surface area contributed by atoms with Gasteiger partial charge in [0.1, 0.15) is 5.82 Å². The van der Waals surface area contributed by atoms with Crippen LogP contribution in [0.4, 0.5) is 10.1 Å². The predicted molar refractivity (Wildman–Crippen MR) is 76.0 cm³/mol. The Hall–Kier alpha value is -1.13. The van der Waals surface area contributed by atoms with Crippen LogP contribution in [0.3, 0.4) is 0 Å². The summed E-state index contributed by atoms with van der Waals surface area (Å²) in [7, 11) is 0. The van der Waals surface area contributed by atoms with Crippen LogP contribution in [0, 0.1) is 5.82 Å². The van der Waals surface area contributed by atoms with Crippen molar-refractivity contribution in [1.82, 2.24) is 5.32 Å². The molecule has 1 aliphatic rings. The Labute approximate surface area is 114 Å². The third kappa shape index (κ3) is 3.45. The van der Waals surface area contributed by atoms with Gasteiger partial charge in [0.2, 0.25) is 0 Å². The van der Waals surface area contributed by atoms with Crippen molar-refractivity contribution in [3.63, 3.8) is 0 Å². The van der Waals surface area contributed by atoms with Crippen molar-refractivity contribution < 1.29 is 9.13 Å². The van der Waals surface area contributed by atoms with Gasteiger partial charge >= 0.3 is 0 Å². The van der Waals surface area contributed by atoms with Crippen LogP contribution in [-0.4, -0.2) is 31.8 Å². The van der Waals surface area contributed by atoms with Crippen LogP contribution in [0.2, 0.25) is 0 Å². The van der Waals surface area contributed by atoms with Gasteiger partial charge in [-0.25, -0.2) is 4.39 Å². The van der Waals surface area contributed by atoms with Gasteiger partial charge in [0, 0.05) is 30.9 Å². The third-order valence-electron chi connectivity index (χ3n) is 3.41. The molecule has 0 radical (unpaired) electrons. The van der Waals surface area contributed by atoms with E-state index in [0.717, 1.165) is 30.9 Å². The molecule has 1 aromatic rings. The number of nitrogens with one attached hydrogen (secondary N) is 1. The number of anilines is 1. The van der Waals surface area contributed by atoms with Crippen LogP contribution in [-0.2, 0) is 11.3 Å². The second-order valence-corrected chi connectivity index (χ2v) is 5.18. The first-order valence-electron chi connectivity index (χ1n) is 7.00. The molecule has 2 unspecified atom stereocenters. The molecule has 19 heavy (non-hydrogen) atoms. The van der Waals surface area contributed by atoms with Gasteiger partial charge < -0.3 is 15.0 Å². The third-order valence-corrected chi connectivity index (χ3v) is 3.41. The number of halogens is 1. The van der Waals surface area contributed by atoms with Gasteiger partial charge in [-0.05, 0) is 32.5 Å². The summed E-state index contributed by atoms with van der Waals surface area (Å²) in [6.07, 6.45) is 0.359. The smallest absolute Gasteiger partial charge is 0.129 e. The van der Waals surface area contributed by atoms with Gasteiger partial charge in [-0.15, -0.1) is 0 Å². The molecular formula is C15H23FN2O. The number of benzene rings is 1. The van der Waals surface area contributed by atoms with Gasteiger partial charge in [-0.2, -0.15) is 0 Å². The molecule has 0 aliphatic carbocycles. The zero-order valence-electron chi connectivity index (χ0n) is 11.9. The molecule has 0 aromatic heterocycles. The highest BCUT2D eigenvalue weighted by atomic mass is 19.1. The van der Waals surface area contributed by atoms with E-state index in [-0.39, 0.29) is 18.0 Å². The number of hydrogen-bond donors (Lipinski definition) is 1. The van der Waals surface area contributed by atoms with E-state index in [1.165, 1.54) is 6.07 Å². The highest BCUT2D eigenvalue weighted by Gasteiger charge is 2.24. The first-order chi connectivity index (χ1) is 9.11. The van der Waals surface area contributed by atoms with Crippen LogP contribution in [0.15, 0.2) is 18.2 Å². The van der Waals surface area contributed by atoms with Crippen molar-refractivity contribution in [2.45, 2.75) is 39.5 Å².